The molecule has 1 aliphatic rings. The third kappa shape index (κ3) is 2.69. The molecule has 0 saturated heterocycles. The zero-order valence-electron chi connectivity index (χ0n) is 15.8. The number of nitrogens with zero attached hydrogens (tertiary/aromatic N) is 2. The molecule has 0 radical (unpaired) electrons. The predicted molar refractivity (Wildman–Crippen MR) is 112 cm³/mol. The second-order valence-electron chi connectivity index (χ2n) is 7.31. The lowest BCUT2D eigenvalue weighted by molar-refractivity contribution is 0.0959. The number of amides is 1. The highest BCUT2D eigenvalue weighted by molar-refractivity contribution is 6.04. The molecule has 2 aromatic carbocycles. The van der Waals surface area contributed by atoms with Gasteiger partial charge in [0.25, 0.3) is 5.91 Å². The molecule has 140 valence electrons. The van der Waals surface area contributed by atoms with Gasteiger partial charge in [0.2, 0.25) is 0 Å². The topological polar surface area (TPSA) is 82.7 Å². The third-order valence-corrected chi connectivity index (χ3v) is 5.49. The van der Waals surface area contributed by atoms with Crippen LogP contribution in [0.1, 0.15) is 34.8 Å². The van der Waals surface area contributed by atoms with Crippen LogP contribution < -0.4 is 10.6 Å². The first-order valence-corrected chi connectivity index (χ1v) is 9.50. The van der Waals surface area contributed by atoms with Crippen molar-refractivity contribution in [3.05, 3.63) is 53.9 Å². The van der Waals surface area contributed by atoms with E-state index in [0.717, 1.165) is 38.6 Å². The molecule has 1 saturated carbocycles. The smallest absolute Gasteiger partial charge is 0.267 e. The van der Waals surface area contributed by atoms with E-state index in [1.807, 2.05) is 13.1 Å². The highest BCUT2D eigenvalue weighted by atomic mass is 16.1. The predicted octanol–water partition coefficient (Wildman–Crippen LogP) is 4.06. The molecule has 0 bridgehead atoms. The number of nitrogens with one attached hydrogen (secondary N) is 3. The molecule has 6 nitrogen and oxygen atoms in total. The van der Waals surface area contributed by atoms with Gasteiger partial charge in [-0.1, -0.05) is 12.1 Å². The van der Waals surface area contributed by atoms with Crippen molar-refractivity contribution in [2.45, 2.75) is 18.8 Å². The second-order valence-corrected chi connectivity index (χ2v) is 7.31. The normalized spacial score (nSPS) is 13.8. The highest BCUT2D eigenvalue weighted by Crippen LogP contribution is 2.43. The van der Waals surface area contributed by atoms with Crippen LogP contribution in [0.25, 0.3) is 32.8 Å². The van der Waals surface area contributed by atoms with Crippen LogP contribution in [0, 0.1) is 0 Å². The Kier molecular flexibility index (Phi) is 3.79. The zero-order valence-corrected chi connectivity index (χ0v) is 15.8. The van der Waals surface area contributed by atoms with Crippen molar-refractivity contribution in [1.29, 1.82) is 0 Å². The maximum atomic E-state index is 12.1. The molecule has 4 aromatic rings. The summed E-state index contributed by atoms with van der Waals surface area (Å²) < 4.78 is 0. The van der Waals surface area contributed by atoms with Gasteiger partial charge < -0.3 is 15.6 Å². The van der Waals surface area contributed by atoms with E-state index in [4.69, 9.17) is 0 Å². The average Bonchev–Trinajstić information content (AvgIpc) is 3.50. The number of hydrogen-bond donors (Lipinski definition) is 3. The lowest BCUT2D eigenvalue weighted by Crippen LogP contribution is -2.17. The molecule has 1 aliphatic carbocycles. The molecule has 28 heavy (non-hydrogen) atoms. The minimum atomic E-state index is -0.109. The fraction of sp³-hybridized carbons (Fsp3) is 0.227. The number of benzene rings is 2. The Bertz CT molecular complexity index is 1220. The Balaban J connectivity index is 1.73. The van der Waals surface area contributed by atoms with Crippen LogP contribution in [0.5, 0.6) is 0 Å². The first-order chi connectivity index (χ1) is 13.7. The van der Waals surface area contributed by atoms with Gasteiger partial charge in [0.05, 0.1) is 6.20 Å². The van der Waals surface area contributed by atoms with E-state index in [0.29, 0.717) is 11.6 Å². The molecule has 0 spiro atoms. The molecule has 3 N–H and O–H groups in total. The fourth-order valence-electron chi connectivity index (χ4n) is 3.85. The van der Waals surface area contributed by atoms with Crippen molar-refractivity contribution in [2.24, 2.45) is 0 Å². The maximum Gasteiger partial charge on any atom is 0.267 e. The minimum Gasteiger partial charge on any atom is -0.371 e. The first kappa shape index (κ1) is 16.7. The van der Waals surface area contributed by atoms with E-state index >= 15 is 0 Å². The zero-order chi connectivity index (χ0) is 19.3. The van der Waals surface area contributed by atoms with E-state index in [1.54, 1.807) is 13.2 Å². The Labute approximate surface area is 162 Å². The molecule has 0 aliphatic heterocycles. The molecule has 2 heterocycles. The van der Waals surface area contributed by atoms with Crippen LogP contribution in [0.15, 0.2) is 42.6 Å². The van der Waals surface area contributed by atoms with Crippen LogP contribution in [-0.4, -0.2) is 35.2 Å². The second kappa shape index (κ2) is 6.34. The summed E-state index contributed by atoms with van der Waals surface area (Å²) in [6.45, 7) is 0. The number of hydrogen-bond acceptors (Lipinski definition) is 4. The van der Waals surface area contributed by atoms with E-state index < -0.39 is 0 Å². The Morgan fingerprint density at radius 1 is 1.11 bits per heavy atom. The largest absolute Gasteiger partial charge is 0.371 e. The average molecular weight is 371 g/mol. The number of aromatic amines is 1. The van der Waals surface area contributed by atoms with Gasteiger partial charge in [-0.2, -0.15) is 5.10 Å². The lowest BCUT2D eigenvalue weighted by Gasteiger charge is -2.10. The van der Waals surface area contributed by atoms with Gasteiger partial charge in [-0.15, -0.1) is 5.10 Å². The summed E-state index contributed by atoms with van der Waals surface area (Å²) in [5.74, 6) is 1.28. The van der Waals surface area contributed by atoms with Gasteiger partial charge in [-0.25, -0.2) is 0 Å². The molecular formula is C22H21N5O. The summed E-state index contributed by atoms with van der Waals surface area (Å²) in [5, 5.41) is 17.2. The van der Waals surface area contributed by atoms with Crippen molar-refractivity contribution in [3.63, 3.8) is 0 Å². The number of carbonyl (C=O) groups is 1. The number of H-pyrrole nitrogens is 1. The van der Waals surface area contributed by atoms with Crippen LogP contribution in [0.2, 0.25) is 0 Å². The molecule has 1 fully saturated rings. The van der Waals surface area contributed by atoms with Crippen LogP contribution in [-0.2, 0) is 0 Å². The quantitative estimate of drug-likeness (QED) is 0.505. The van der Waals surface area contributed by atoms with Crippen molar-refractivity contribution >= 4 is 33.4 Å². The van der Waals surface area contributed by atoms with Crippen molar-refractivity contribution in [1.82, 2.24) is 20.5 Å². The molecule has 5 rings (SSSR count). The van der Waals surface area contributed by atoms with E-state index in [1.165, 1.54) is 18.4 Å². The van der Waals surface area contributed by atoms with E-state index in [9.17, 15) is 4.79 Å². The van der Waals surface area contributed by atoms with Gasteiger partial charge >= 0.3 is 0 Å². The number of carbonyl (C=O) groups excluding carboxylic acids is 1. The molecule has 0 unspecified atom stereocenters. The summed E-state index contributed by atoms with van der Waals surface area (Å²) in [5.41, 5.74) is 5.15. The van der Waals surface area contributed by atoms with Crippen LogP contribution in [0.4, 0.5) is 5.82 Å². The number of fused-ring (bicyclic) bond motifs is 2. The Morgan fingerprint density at radius 3 is 2.71 bits per heavy atom. The lowest BCUT2D eigenvalue weighted by atomic mass is 9.96. The monoisotopic (exact) mass is 371 g/mol. The van der Waals surface area contributed by atoms with Crippen molar-refractivity contribution in [2.75, 3.05) is 19.4 Å². The molecular weight excluding hydrogens is 350 g/mol. The van der Waals surface area contributed by atoms with Gasteiger partial charge in [-0.3, -0.25) is 4.79 Å². The number of aromatic nitrogens is 3. The summed E-state index contributed by atoms with van der Waals surface area (Å²) in [6, 6.07) is 12.7. The summed E-state index contributed by atoms with van der Waals surface area (Å²) in [7, 11) is 3.49. The highest BCUT2D eigenvalue weighted by Gasteiger charge is 2.25. The summed E-state index contributed by atoms with van der Waals surface area (Å²) in [6.07, 6.45) is 4.24. The molecule has 1 amide bonds. The third-order valence-electron chi connectivity index (χ3n) is 5.49. The Morgan fingerprint density at radius 2 is 1.96 bits per heavy atom. The van der Waals surface area contributed by atoms with Gasteiger partial charge in [0.15, 0.2) is 5.82 Å². The minimum absolute atomic E-state index is 0.109. The van der Waals surface area contributed by atoms with Crippen molar-refractivity contribution < 1.29 is 4.79 Å². The summed E-state index contributed by atoms with van der Waals surface area (Å²) in [4.78, 5) is 15.4. The molecule has 0 atom stereocenters. The number of anilines is 1. The number of rotatable bonds is 4. The van der Waals surface area contributed by atoms with Gasteiger partial charge in [-0.05, 0) is 59.7 Å². The molecule has 6 heteroatoms. The van der Waals surface area contributed by atoms with Gasteiger partial charge in [0, 0.05) is 35.8 Å². The Hall–Kier alpha value is -3.41. The standard InChI is InChI=1S/C22H21N5O/c1-23-21-16-6-5-13(7-15(16)11-25-27-21)17-8-14(12-3-4-12)9-19-18(17)10-20(26-19)22(28)24-2/h5-12,26H,3-4H2,1-2H3,(H,23,27)(H,24,28). The maximum absolute atomic E-state index is 12.1. The van der Waals surface area contributed by atoms with Gasteiger partial charge in [0.1, 0.15) is 5.69 Å². The van der Waals surface area contributed by atoms with Crippen LogP contribution in [0.3, 0.4) is 0 Å². The molecule has 2 aromatic heterocycles. The SMILES string of the molecule is CNC(=O)c1cc2c(-c3ccc4c(NC)nncc4c3)cc(C3CC3)cc2[nH]1. The van der Waals surface area contributed by atoms with E-state index in [2.05, 4.69) is 56.1 Å². The fourth-order valence-corrected chi connectivity index (χ4v) is 3.85. The van der Waals surface area contributed by atoms with Crippen molar-refractivity contribution in [3.8, 4) is 11.1 Å². The van der Waals surface area contributed by atoms with E-state index in [-0.39, 0.29) is 5.91 Å². The summed E-state index contributed by atoms with van der Waals surface area (Å²) >= 11 is 0. The van der Waals surface area contributed by atoms with Crippen LogP contribution >= 0.6 is 0 Å². The first-order valence-electron chi connectivity index (χ1n) is 9.50.